The first-order valence-electron chi connectivity index (χ1n) is 6.36. The Morgan fingerprint density at radius 1 is 1.14 bits per heavy atom. The maximum absolute atomic E-state index is 11.8. The van der Waals surface area contributed by atoms with Crippen molar-refractivity contribution >= 4 is 21.2 Å². The highest BCUT2D eigenvalue weighted by atomic mass is 32.2. The molecule has 2 aromatic heterocycles. The quantitative estimate of drug-likeness (QED) is 0.794. The van der Waals surface area contributed by atoms with Gasteiger partial charge in [0.25, 0.3) is 0 Å². The summed E-state index contributed by atoms with van der Waals surface area (Å²) in [6, 6.07) is 10.5. The molecule has 3 aromatic rings. The molecule has 0 unspecified atom stereocenters. The van der Waals surface area contributed by atoms with Gasteiger partial charge in [0.05, 0.1) is 29.0 Å². The van der Waals surface area contributed by atoms with Crippen molar-refractivity contribution in [3.8, 4) is 0 Å². The van der Waals surface area contributed by atoms with Crippen molar-refractivity contribution in [1.29, 1.82) is 0 Å². The minimum Gasteiger partial charge on any atom is -0.378 e. The van der Waals surface area contributed by atoms with E-state index in [1.165, 1.54) is 6.26 Å². The van der Waals surface area contributed by atoms with E-state index in [1.54, 1.807) is 41.2 Å². The van der Waals surface area contributed by atoms with Crippen LogP contribution < -0.4 is 5.32 Å². The van der Waals surface area contributed by atoms with E-state index in [0.29, 0.717) is 12.2 Å². The molecule has 0 amide bonds. The Labute approximate surface area is 122 Å². The third-order valence-electron chi connectivity index (χ3n) is 3.12. The van der Waals surface area contributed by atoms with Crippen LogP contribution in [-0.2, 0) is 16.4 Å². The van der Waals surface area contributed by atoms with Gasteiger partial charge in [-0.2, -0.15) is 5.10 Å². The summed E-state index contributed by atoms with van der Waals surface area (Å²) in [5, 5.41) is 7.35. The topological polar surface area (TPSA) is 76.4 Å². The zero-order valence-electron chi connectivity index (χ0n) is 11.4. The number of sulfone groups is 1. The van der Waals surface area contributed by atoms with Crippen LogP contribution in [0.1, 0.15) is 5.69 Å². The van der Waals surface area contributed by atoms with Gasteiger partial charge in [0.1, 0.15) is 0 Å². The molecule has 108 valence electrons. The largest absolute Gasteiger partial charge is 0.378 e. The lowest BCUT2D eigenvalue weighted by molar-refractivity contribution is 0.602. The molecule has 0 aliphatic carbocycles. The summed E-state index contributed by atoms with van der Waals surface area (Å²) in [7, 11) is -3.27. The minimum absolute atomic E-state index is 0.288. The second-order valence-electron chi connectivity index (χ2n) is 4.66. The van der Waals surface area contributed by atoms with Crippen LogP contribution in [0.5, 0.6) is 0 Å². The SMILES string of the molecule is CS(=O)(=O)c1ccccc1NCc1ccnc2ccnn12. The van der Waals surface area contributed by atoms with E-state index in [-0.39, 0.29) is 4.90 Å². The highest BCUT2D eigenvalue weighted by Crippen LogP contribution is 2.21. The zero-order valence-corrected chi connectivity index (χ0v) is 12.2. The van der Waals surface area contributed by atoms with E-state index in [0.717, 1.165) is 11.3 Å². The Kier molecular flexibility index (Phi) is 3.34. The van der Waals surface area contributed by atoms with Gasteiger partial charge in [0.15, 0.2) is 15.5 Å². The first kappa shape index (κ1) is 13.6. The lowest BCUT2D eigenvalue weighted by Crippen LogP contribution is -2.09. The smallest absolute Gasteiger partial charge is 0.177 e. The minimum atomic E-state index is -3.27. The molecule has 2 heterocycles. The molecule has 0 saturated carbocycles. The van der Waals surface area contributed by atoms with Gasteiger partial charge in [-0.3, -0.25) is 0 Å². The number of hydrogen-bond acceptors (Lipinski definition) is 5. The molecule has 0 aliphatic rings. The number of hydrogen-bond donors (Lipinski definition) is 1. The standard InChI is InChI=1S/C14H14N4O2S/c1-21(19,20)13-5-3-2-4-12(13)16-10-11-6-8-15-14-7-9-17-18(11)14/h2-9,16H,10H2,1H3. The van der Waals surface area contributed by atoms with E-state index in [1.807, 2.05) is 12.1 Å². The van der Waals surface area contributed by atoms with Gasteiger partial charge in [-0.15, -0.1) is 0 Å². The van der Waals surface area contributed by atoms with E-state index >= 15 is 0 Å². The molecule has 0 radical (unpaired) electrons. The maximum Gasteiger partial charge on any atom is 0.177 e. The number of nitrogens with one attached hydrogen (secondary N) is 1. The van der Waals surface area contributed by atoms with Crippen LogP contribution in [0.15, 0.2) is 53.7 Å². The Bertz CT molecular complexity index is 887. The average molecular weight is 302 g/mol. The normalized spacial score (nSPS) is 11.7. The molecule has 6 nitrogen and oxygen atoms in total. The molecule has 1 N–H and O–H groups in total. The summed E-state index contributed by atoms with van der Waals surface area (Å²) in [5.41, 5.74) is 2.23. The monoisotopic (exact) mass is 302 g/mol. The third kappa shape index (κ3) is 2.73. The first-order chi connectivity index (χ1) is 10.1. The van der Waals surface area contributed by atoms with E-state index in [9.17, 15) is 8.42 Å². The van der Waals surface area contributed by atoms with Crippen LogP contribution in [0.25, 0.3) is 5.65 Å². The summed E-state index contributed by atoms with van der Waals surface area (Å²) >= 11 is 0. The molecule has 0 aliphatic heterocycles. The van der Waals surface area contributed by atoms with Crippen LogP contribution >= 0.6 is 0 Å². The Hall–Kier alpha value is -2.41. The van der Waals surface area contributed by atoms with Crippen LogP contribution in [0.4, 0.5) is 5.69 Å². The molecule has 21 heavy (non-hydrogen) atoms. The number of rotatable bonds is 4. The number of fused-ring (bicyclic) bond motifs is 1. The summed E-state index contributed by atoms with van der Waals surface area (Å²) in [6.45, 7) is 0.452. The molecule has 0 saturated heterocycles. The highest BCUT2D eigenvalue weighted by Gasteiger charge is 2.12. The fraction of sp³-hybridized carbons (Fsp3) is 0.143. The Balaban J connectivity index is 1.91. The van der Waals surface area contributed by atoms with Gasteiger partial charge in [-0.25, -0.2) is 17.9 Å². The molecular weight excluding hydrogens is 288 g/mol. The third-order valence-corrected chi connectivity index (χ3v) is 4.27. The molecule has 3 rings (SSSR count). The van der Waals surface area contributed by atoms with Gasteiger partial charge in [0, 0.05) is 18.5 Å². The second kappa shape index (κ2) is 5.17. The van der Waals surface area contributed by atoms with Crippen molar-refractivity contribution in [3.63, 3.8) is 0 Å². The molecule has 0 atom stereocenters. The van der Waals surface area contributed by atoms with Gasteiger partial charge < -0.3 is 5.32 Å². The number of para-hydroxylation sites is 1. The van der Waals surface area contributed by atoms with E-state index in [4.69, 9.17) is 0 Å². The Morgan fingerprint density at radius 3 is 2.76 bits per heavy atom. The van der Waals surface area contributed by atoms with Crippen LogP contribution in [0, 0.1) is 0 Å². The van der Waals surface area contributed by atoms with Crippen molar-refractivity contribution < 1.29 is 8.42 Å². The molecule has 1 aromatic carbocycles. The van der Waals surface area contributed by atoms with Crippen LogP contribution in [0.3, 0.4) is 0 Å². The fourth-order valence-corrected chi connectivity index (χ4v) is 3.01. The maximum atomic E-state index is 11.8. The molecule has 7 heteroatoms. The summed E-state index contributed by atoms with van der Waals surface area (Å²) in [4.78, 5) is 4.48. The lowest BCUT2D eigenvalue weighted by Gasteiger charge is -2.11. The van der Waals surface area contributed by atoms with Crippen molar-refractivity contribution in [1.82, 2.24) is 14.6 Å². The molecule has 0 bridgehead atoms. The number of benzene rings is 1. The predicted octanol–water partition coefficient (Wildman–Crippen LogP) is 1.74. The zero-order chi connectivity index (χ0) is 14.9. The Morgan fingerprint density at radius 2 is 1.95 bits per heavy atom. The van der Waals surface area contributed by atoms with E-state index in [2.05, 4.69) is 15.4 Å². The first-order valence-corrected chi connectivity index (χ1v) is 8.25. The highest BCUT2D eigenvalue weighted by molar-refractivity contribution is 7.90. The number of aromatic nitrogens is 3. The molecule has 0 fully saturated rings. The van der Waals surface area contributed by atoms with Gasteiger partial charge in [-0.1, -0.05) is 12.1 Å². The summed E-state index contributed by atoms with van der Waals surface area (Å²) in [5.74, 6) is 0. The molecule has 0 spiro atoms. The summed E-state index contributed by atoms with van der Waals surface area (Å²) < 4.78 is 25.3. The second-order valence-corrected chi connectivity index (χ2v) is 6.64. The van der Waals surface area contributed by atoms with Gasteiger partial charge in [0.2, 0.25) is 0 Å². The van der Waals surface area contributed by atoms with Gasteiger partial charge in [-0.05, 0) is 18.2 Å². The number of nitrogens with zero attached hydrogens (tertiary/aromatic N) is 3. The predicted molar refractivity (Wildman–Crippen MR) is 79.9 cm³/mol. The molecular formula is C14H14N4O2S. The van der Waals surface area contributed by atoms with Crippen molar-refractivity contribution in [3.05, 3.63) is 54.5 Å². The number of anilines is 1. The van der Waals surface area contributed by atoms with Crippen molar-refractivity contribution in [2.75, 3.05) is 11.6 Å². The van der Waals surface area contributed by atoms with E-state index < -0.39 is 9.84 Å². The van der Waals surface area contributed by atoms with Crippen LogP contribution in [0.2, 0.25) is 0 Å². The fourth-order valence-electron chi connectivity index (χ4n) is 2.14. The summed E-state index contributed by atoms with van der Waals surface area (Å²) in [6.07, 6.45) is 4.58. The van der Waals surface area contributed by atoms with Crippen LogP contribution in [-0.4, -0.2) is 29.3 Å². The average Bonchev–Trinajstić information content (AvgIpc) is 2.93. The van der Waals surface area contributed by atoms with Crippen molar-refractivity contribution in [2.24, 2.45) is 0 Å². The van der Waals surface area contributed by atoms with Gasteiger partial charge >= 0.3 is 0 Å². The van der Waals surface area contributed by atoms with Crippen molar-refractivity contribution in [2.45, 2.75) is 11.4 Å². The lowest BCUT2D eigenvalue weighted by atomic mass is 10.3.